The molecule has 0 bridgehead atoms. The fourth-order valence-corrected chi connectivity index (χ4v) is 4.03. The largest absolute Gasteiger partial charge is 0.348 e. The van der Waals surface area contributed by atoms with Crippen molar-refractivity contribution in [3.63, 3.8) is 0 Å². The normalized spacial score (nSPS) is 14.4. The Morgan fingerprint density at radius 1 is 1.36 bits per heavy atom. The van der Waals surface area contributed by atoms with Crippen molar-refractivity contribution in [2.24, 2.45) is 0 Å². The lowest BCUT2D eigenvalue weighted by Crippen LogP contribution is -2.17. The van der Waals surface area contributed by atoms with Gasteiger partial charge in [-0.05, 0) is 31.2 Å². The van der Waals surface area contributed by atoms with Crippen LogP contribution < -0.4 is 10.2 Å². The number of hydrogen-bond donors (Lipinski definition) is 1. The lowest BCUT2D eigenvalue weighted by Gasteiger charge is -2.12. The van der Waals surface area contributed by atoms with Gasteiger partial charge in [0.2, 0.25) is 5.91 Å². The zero-order valence-electron chi connectivity index (χ0n) is 12.8. The van der Waals surface area contributed by atoms with E-state index < -0.39 is 0 Å². The zero-order valence-corrected chi connectivity index (χ0v) is 14.4. The first kappa shape index (κ1) is 15.4. The Morgan fingerprint density at radius 3 is 2.82 bits per heavy atom. The molecule has 1 saturated heterocycles. The van der Waals surface area contributed by atoms with Crippen molar-refractivity contribution >= 4 is 39.8 Å². The molecule has 3 rings (SSSR count). The van der Waals surface area contributed by atoms with E-state index in [0.717, 1.165) is 40.1 Å². The second kappa shape index (κ2) is 6.71. The van der Waals surface area contributed by atoms with Crippen LogP contribution in [-0.4, -0.2) is 30.2 Å². The van der Waals surface area contributed by atoms with E-state index in [1.54, 1.807) is 23.1 Å². The fraction of sp³-hybridized carbons (Fsp3) is 0.375. The van der Waals surface area contributed by atoms with Crippen molar-refractivity contribution < 1.29 is 4.79 Å². The first-order chi connectivity index (χ1) is 10.7. The van der Waals surface area contributed by atoms with Gasteiger partial charge in [-0.15, -0.1) is 23.1 Å². The minimum Gasteiger partial charge on any atom is -0.348 e. The van der Waals surface area contributed by atoms with E-state index in [4.69, 9.17) is 4.98 Å². The summed E-state index contributed by atoms with van der Waals surface area (Å²) in [6.07, 6.45) is 4.52. The second-order valence-corrected chi connectivity index (χ2v) is 6.99. The monoisotopic (exact) mass is 333 g/mol. The van der Waals surface area contributed by atoms with Crippen molar-refractivity contribution in [3.05, 3.63) is 23.6 Å². The predicted octanol–water partition coefficient (Wildman–Crippen LogP) is 4.09. The first-order valence-electron chi connectivity index (χ1n) is 7.34. The van der Waals surface area contributed by atoms with Crippen LogP contribution in [0.3, 0.4) is 0 Å². The Balaban J connectivity index is 1.89. The number of benzene rings is 1. The van der Waals surface area contributed by atoms with Gasteiger partial charge in [0.05, 0.1) is 11.4 Å². The molecule has 0 spiro atoms. The molecule has 4 nitrogen and oxygen atoms in total. The van der Waals surface area contributed by atoms with Gasteiger partial charge in [-0.1, -0.05) is 6.07 Å². The van der Waals surface area contributed by atoms with E-state index in [2.05, 4.69) is 21.7 Å². The van der Waals surface area contributed by atoms with Crippen molar-refractivity contribution in [2.45, 2.75) is 24.7 Å². The van der Waals surface area contributed by atoms with Crippen LogP contribution >= 0.6 is 23.1 Å². The van der Waals surface area contributed by atoms with E-state index in [0.29, 0.717) is 0 Å². The van der Waals surface area contributed by atoms with E-state index in [1.807, 2.05) is 18.4 Å². The number of thiazole rings is 1. The minimum absolute atomic E-state index is 0.0523. The Bertz CT molecular complexity index is 678. The second-order valence-electron chi connectivity index (χ2n) is 5.31. The molecule has 2 aromatic rings. The molecule has 6 heteroatoms. The molecule has 1 aliphatic heterocycles. The van der Waals surface area contributed by atoms with Crippen molar-refractivity contribution in [3.8, 4) is 11.3 Å². The van der Waals surface area contributed by atoms with Crippen LogP contribution in [0.2, 0.25) is 0 Å². The molecule has 1 amide bonds. The lowest BCUT2D eigenvalue weighted by atomic mass is 10.1. The van der Waals surface area contributed by atoms with Crippen LogP contribution in [0, 0.1) is 0 Å². The van der Waals surface area contributed by atoms with Crippen molar-refractivity contribution in [2.75, 3.05) is 29.6 Å². The highest BCUT2D eigenvalue weighted by molar-refractivity contribution is 7.98. The molecule has 0 atom stereocenters. The van der Waals surface area contributed by atoms with Crippen molar-refractivity contribution in [1.29, 1.82) is 0 Å². The van der Waals surface area contributed by atoms with Gasteiger partial charge in [0, 0.05) is 35.9 Å². The van der Waals surface area contributed by atoms with Gasteiger partial charge < -0.3 is 10.2 Å². The number of rotatable bonds is 4. The van der Waals surface area contributed by atoms with Gasteiger partial charge in [0.1, 0.15) is 0 Å². The maximum absolute atomic E-state index is 11.4. The predicted molar refractivity (Wildman–Crippen MR) is 95.1 cm³/mol. The summed E-state index contributed by atoms with van der Waals surface area (Å²) in [4.78, 5) is 19.5. The molecule has 1 aromatic heterocycles. The van der Waals surface area contributed by atoms with Crippen LogP contribution in [0.5, 0.6) is 0 Å². The molecule has 1 aliphatic rings. The quantitative estimate of drug-likeness (QED) is 0.856. The van der Waals surface area contributed by atoms with Crippen LogP contribution in [0.25, 0.3) is 11.3 Å². The highest BCUT2D eigenvalue weighted by Crippen LogP contribution is 2.33. The van der Waals surface area contributed by atoms with E-state index in [1.165, 1.54) is 19.8 Å². The maximum Gasteiger partial charge on any atom is 0.221 e. The lowest BCUT2D eigenvalue weighted by molar-refractivity contribution is -0.114. The number of carbonyl (C=O) groups is 1. The number of nitrogens with zero attached hydrogens (tertiary/aromatic N) is 2. The van der Waals surface area contributed by atoms with Gasteiger partial charge in [0.25, 0.3) is 0 Å². The number of nitrogens with one attached hydrogen (secondary N) is 1. The molecule has 1 aromatic carbocycles. The Hall–Kier alpha value is -1.53. The Morgan fingerprint density at radius 2 is 2.14 bits per heavy atom. The molecule has 22 heavy (non-hydrogen) atoms. The Kier molecular flexibility index (Phi) is 4.69. The highest BCUT2D eigenvalue weighted by atomic mass is 32.2. The molecule has 0 unspecified atom stereocenters. The number of carbonyl (C=O) groups excluding carboxylic acids is 1. The third-order valence-corrected chi connectivity index (χ3v) is 5.37. The number of hydrogen-bond acceptors (Lipinski definition) is 5. The molecule has 2 heterocycles. The Labute approximate surface area is 138 Å². The molecule has 1 N–H and O–H groups in total. The molecule has 0 radical (unpaired) electrons. The van der Waals surface area contributed by atoms with Crippen LogP contribution in [0.1, 0.15) is 19.8 Å². The number of thioether (sulfide) groups is 1. The molecule has 116 valence electrons. The molecule has 1 fully saturated rings. The highest BCUT2D eigenvalue weighted by Gasteiger charge is 2.16. The van der Waals surface area contributed by atoms with Gasteiger partial charge in [0.15, 0.2) is 5.13 Å². The summed E-state index contributed by atoms with van der Waals surface area (Å²) >= 11 is 3.32. The third-order valence-electron chi connectivity index (χ3n) is 3.67. The average molecular weight is 333 g/mol. The van der Waals surface area contributed by atoms with Gasteiger partial charge in [-0.25, -0.2) is 4.98 Å². The smallest absolute Gasteiger partial charge is 0.221 e. The summed E-state index contributed by atoms with van der Waals surface area (Å²) in [5.41, 5.74) is 2.88. The van der Waals surface area contributed by atoms with Gasteiger partial charge in [-0.3, -0.25) is 4.79 Å². The standard InChI is InChI=1S/C16H19N3OS2/c1-11(20)17-13-9-12(5-6-15(13)21-2)14-10-22-16(18-14)19-7-3-4-8-19/h5-6,9-10H,3-4,7-8H2,1-2H3,(H,17,20). The number of amides is 1. The molecular weight excluding hydrogens is 314 g/mol. The van der Waals surface area contributed by atoms with Gasteiger partial charge >= 0.3 is 0 Å². The first-order valence-corrected chi connectivity index (χ1v) is 9.44. The van der Waals surface area contributed by atoms with Crippen LogP contribution in [-0.2, 0) is 4.79 Å². The van der Waals surface area contributed by atoms with E-state index in [-0.39, 0.29) is 5.91 Å². The fourth-order valence-electron chi connectivity index (χ4n) is 2.61. The number of aromatic nitrogens is 1. The maximum atomic E-state index is 11.4. The SMILES string of the molecule is CSc1ccc(-c2csc(N3CCCC3)n2)cc1NC(C)=O. The van der Waals surface area contributed by atoms with E-state index in [9.17, 15) is 4.79 Å². The van der Waals surface area contributed by atoms with Crippen LogP contribution in [0.4, 0.5) is 10.8 Å². The molecule has 0 aliphatic carbocycles. The average Bonchev–Trinajstić information content (AvgIpc) is 3.17. The summed E-state index contributed by atoms with van der Waals surface area (Å²) in [7, 11) is 0. The summed E-state index contributed by atoms with van der Waals surface area (Å²) in [5, 5.41) is 6.10. The summed E-state index contributed by atoms with van der Waals surface area (Å²) in [6.45, 7) is 3.75. The summed E-state index contributed by atoms with van der Waals surface area (Å²) < 4.78 is 0. The van der Waals surface area contributed by atoms with Gasteiger partial charge in [-0.2, -0.15) is 0 Å². The zero-order chi connectivity index (χ0) is 15.5. The van der Waals surface area contributed by atoms with Crippen LogP contribution in [0.15, 0.2) is 28.5 Å². The topological polar surface area (TPSA) is 45.2 Å². The van der Waals surface area contributed by atoms with E-state index >= 15 is 0 Å². The summed E-state index contributed by atoms with van der Waals surface area (Å²) in [5.74, 6) is -0.0523. The summed E-state index contributed by atoms with van der Waals surface area (Å²) in [6, 6.07) is 6.12. The minimum atomic E-state index is -0.0523. The third kappa shape index (κ3) is 3.28. The number of anilines is 2. The van der Waals surface area contributed by atoms with Crippen molar-refractivity contribution in [1.82, 2.24) is 4.98 Å². The molecular formula is C16H19N3OS2. The molecule has 0 saturated carbocycles.